The van der Waals surface area contributed by atoms with E-state index in [0.29, 0.717) is 5.69 Å². The lowest BCUT2D eigenvalue weighted by Gasteiger charge is -2.25. The van der Waals surface area contributed by atoms with Gasteiger partial charge in [0.2, 0.25) is 0 Å². The first-order valence-electron chi connectivity index (χ1n) is 6.43. The van der Waals surface area contributed by atoms with Gasteiger partial charge in [-0.05, 0) is 37.3 Å². The average Bonchev–Trinajstić information content (AvgIpc) is 3.13. The number of anilines is 2. The van der Waals surface area contributed by atoms with E-state index in [2.05, 4.69) is 17.9 Å². The van der Waals surface area contributed by atoms with Crippen LogP contribution in [-0.2, 0) is 0 Å². The largest absolute Gasteiger partial charge is 0.495 e. The molecule has 0 unspecified atom stereocenters. The van der Waals surface area contributed by atoms with Crippen molar-refractivity contribution in [3.8, 4) is 5.75 Å². The zero-order valence-electron chi connectivity index (χ0n) is 10.8. The van der Waals surface area contributed by atoms with Crippen LogP contribution in [-0.4, -0.2) is 20.2 Å². The van der Waals surface area contributed by atoms with Crippen molar-refractivity contribution in [2.45, 2.75) is 26.2 Å². The molecule has 0 aromatic heterocycles. The number of ether oxygens (including phenoxy) is 1. The zero-order valence-corrected chi connectivity index (χ0v) is 10.8. The molecule has 1 aromatic carbocycles. The second-order valence-electron chi connectivity index (χ2n) is 4.82. The van der Waals surface area contributed by atoms with Crippen molar-refractivity contribution in [1.82, 2.24) is 0 Å². The Morgan fingerprint density at radius 2 is 2.18 bits per heavy atom. The summed E-state index contributed by atoms with van der Waals surface area (Å²) in [5.41, 5.74) is 7.78. The Bertz CT molecular complexity index is 374. The molecule has 1 fully saturated rings. The molecule has 17 heavy (non-hydrogen) atoms. The molecule has 0 aliphatic heterocycles. The SMILES string of the molecule is CCCN(CC1CC1)c1ccc(N)c(OC)c1. The van der Waals surface area contributed by atoms with E-state index in [1.165, 1.54) is 31.5 Å². The first-order chi connectivity index (χ1) is 8.24. The lowest BCUT2D eigenvalue weighted by Crippen LogP contribution is -2.26. The highest BCUT2D eigenvalue weighted by Crippen LogP contribution is 2.33. The molecule has 1 aromatic rings. The van der Waals surface area contributed by atoms with Gasteiger partial charge in [-0.2, -0.15) is 0 Å². The molecule has 2 rings (SSSR count). The molecule has 0 radical (unpaired) electrons. The van der Waals surface area contributed by atoms with Gasteiger partial charge in [-0.15, -0.1) is 0 Å². The van der Waals surface area contributed by atoms with Crippen LogP contribution < -0.4 is 15.4 Å². The van der Waals surface area contributed by atoms with E-state index in [1.54, 1.807) is 7.11 Å². The van der Waals surface area contributed by atoms with Gasteiger partial charge in [0.1, 0.15) is 5.75 Å². The Morgan fingerprint density at radius 1 is 1.41 bits per heavy atom. The average molecular weight is 234 g/mol. The molecular weight excluding hydrogens is 212 g/mol. The molecule has 3 heteroatoms. The Labute approximate surface area is 104 Å². The Morgan fingerprint density at radius 3 is 2.76 bits per heavy atom. The summed E-state index contributed by atoms with van der Waals surface area (Å²) in [5, 5.41) is 0. The van der Waals surface area contributed by atoms with Crippen LogP contribution >= 0.6 is 0 Å². The molecule has 2 N–H and O–H groups in total. The van der Waals surface area contributed by atoms with Crippen molar-refractivity contribution in [1.29, 1.82) is 0 Å². The Balaban J connectivity index is 2.15. The van der Waals surface area contributed by atoms with Gasteiger partial charge in [0, 0.05) is 24.8 Å². The highest BCUT2D eigenvalue weighted by Gasteiger charge is 2.24. The van der Waals surface area contributed by atoms with Gasteiger partial charge in [0.25, 0.3) is 0 Å². The number of nitrogen functional groups attached to an aromatic ring is 1. The van der Waals surface area contributed by atoms with Crippen molar-refractivity contribution in [3.63, 3.8) is 0 Å². The molecule has 0 bridgehead atoms. The molecule has 1 aliphatic rings. The highest BCUT2D eigenvalue weighted by atomic mass is 16.5. The van der Waals surface area contributed by atoms with Crippen molar-refractivity contribution < 1.29 is 4.74 Å². The van der Waals surface area contributed by atoms with E-state index in [1.807, 2.05) is 12.1 Å². The minimum atomic E-state index is 0.708. The zero-order chi connectivity index (χ0) is 12.3. The molecule has 1 saturated carbocycles. The predicted molar refractivity (Wildman–Crippen MR) is 72.6 cm³/mol. The number of nitrogens with two attached hydrogens (primary N) is 1. The summed E-state index contributed by atoms with van der Waals surface area (Å²) in [4.78, 5) is 2.44. The minimum Gasteiger partial charge on any atom is -0.495 e. The van der Waals surface area contributed by atoms with Crippen LogP contribution in [0.3, 0.4) is 0 Å². The first kappa shape index (κ1) is 12.1. The maximum absolute atomic E-state index is 5.84. The third kappa shape index (κ3) is 3.05. The number of hydrogen-bond donors (Lipinski definition) is 1. The van der Waals surface area contributed by atoms with Crippen LogP contribution in [0.1, 0.15) is 26.2 Å². The summed E-state index contributed by atoms with van der Waals surface area (Å²) < 4.78 is 5.28. The molecule has 0 spiro atoms. The summed E-state index contributed by atoms with van der Waals surface area (Å²) in [7, 11) is 1.67. The highest BCUT2D eigenvalue weighted by molar-refractivity contribution is 5.62. The molecule has 0 amide bonds. The van der Waals surface area contributed by atoms with Gasteiger partial charge in [0.15, 0.2) is 0 Å². The number of methoxy groups -OCH3 is 1. The van der Waals surface area contributed by atoms with Crippen LogP contribution in [0.15, 0.2) is 18.2 Å². The van der Waals surface area contributed by atoms with E-state index < -0.39 is 0 Å². The maximum atomic E-state index is 5.84. The topological polar surface area (TPSA) is 38.5 Å². The van der Waals surface area contributed by atoms with Crippen molar-refractivity contribution >= 4 is 11.4 Å². The van der Waals surface area contributed by atoms with Crippen LogP contribution in [0, 0.1) is 5.92 Å². The number of hydrogen-bond acceptors (Lipinski definition) is 3. The smallest absolute Gasteiger partial charge is 0.143 e. The Hall–Kier alpha value is -1.38. The van der Waals surface area contributed by atoms with Crippen LogP contribution in [0.5, 0.6) is 5.75 Å². The summed E-state index contributed by atoms with van der Waals surface area (Å²) in [6, 6.07) is 6.08. The number of nitrogens with zero attached hydrogens (tertiary/aromatic N) is 1. The van der Waals surface area contributed by atoms with Gasteiger partial charge in [0.05, 0.1) is 12.8 Å². The second kappa shape index (κ2) is 5.30. The number of benzene rings is 1. The molecule has 1 aliphatic carbocycles. The third-order valence-electron chi connectivity index (χ3n) is 3.25. The van der Waals surface area contributed by atoms with Crippen LogP contribution in [0.25, 0.3) is 0 Å². The van der Waals surface area contributed by atoms with Crippen molar-refractivity contribution in [2.24, 2.45) is 5.92 Å². The van der Waals surface area contributed by atoms with E-state index in [9.17, 15) is 0 Å². The fraction of sp³-hybridized carbons (Fsp3) is 0.571. The normalized spacial score (nSPS) is 14.7. The molecule has 94 valence electrons. The summed E-state index contributed by atoms with van der Waals surface area (Å²) in [5.74, 6) is 1.67. The number of rotatable bonds is 6. The maximum Gasteiger partial charge on any atom is 0.143 e. The van der Waals surface area contributed by atoms with E-state index in [0.717, 1.165) is 18.2 Å². The minimum absolute atomic E-state index is 0.708. The summed E-state index contributed by atoms with van der Waals surface area (Å²) in [6.07, 6.45) is 3.93. The fourth-order valence-electron chi connectivity index (χ4n) is 2.10. The van der Waals surface area contributed by atoms with E-state index >= 15 is 0 Å². The lowest BCUT2D eigenvalue weighted by atomic mass is 10.2. The molecular formula is C14H22N2O. The third-order valence-corrected chi connectivity index (χ3v) is 3.25. The van der Waals surface area contributed by atoms with Gasteiger partial charge >= 0.3 is 0 Å². The second-order valence-corrected chi connectivity index (χ2v) is 4.82. The molecule has 0 saturated heterocycles. The fourth-order valence-corrected chi connectivity index (χ4v) is 2.10. The van der Waals surface area contributed by atoms with Gasteiger partial charge < -0.3 is 15.4 Å². The van der Waals surface area contributed by atoms with Gasteiger partial charge in [-0.25, -0.2) is 0 Å². The quantitative estimate of drug-likeness (QED) is 0.769. The van der Waals surface area contributed by atoms with Gasteiger partial charge in [-0.3, -0.25) is 0 Å². The summed E-state index contributed by atoms with van der Waals surface area (Å²) >= 11 is 0. The van der Waals surface area contributed by atoms with Crippen LogP contribution in [0.4, 0.5) is 11.4 Å². The molecule has 3 nitrogen and oxygen atoms in total. The monoisotopic (exact) mass is 234 g/mol. The Kier molecular flexibility index (Phi) is 3.77. The predicted octanol–water partition coefficient (Wildman–Crippen LogP) is 2.90. The summed E-state index contributed by atoms with van der Waals surface area (Å²) in [6.45, 7) is 4.49. The molecule has 0 heterocycles. The first-order valence-corrected chi connectivity index (χ1v) is 6.43. The van der Waals surface area contributed by atoms with Crippen molar-refractivity contribution in [2.75, 3.05) is 30.8 Å². The van der Waals surface area contributed by atoms with Gasteiger partial charge in [-0.1, -0.05) is 6.92 Å². The lowest BCUT2D eigenvalue weighted by molar-refractivity contribution is 0.417. The van der Waals surface area contributed by atoms with Crippen molar-refractivity contribution in [3.05, 3.63) is 18.2 Å². The van der Waals surface area contributed by atoms with Crippen LogP contribution in [0.2, 0.25) is 0 Å². The van der Waals surface area contributed by atoms with E-state index in [4.69, 9.17) is 10.5 Å². The van der Waals surface area contributed by atoms with E-state index in [-0.39, 0.29) is 0 Å². The molecule has 0 atom stereocenters. The standard InChI is InChI=1S/C14H22N2O/c1-3-8-16(10-11-4-5-11)12-6-7-13(15)14(9-12)17-2/h6-7,9,11H,3-5,8,10,15H2,1-2H3.